The first-order valence-corrected chi connectivity index (χ1v) is 13.2. The van der Waals surface area contributed by atoms with Gasteiger partial charge in [-0.15, -0.1) is 0 Å². The molecule has 2 fully saturated rings. The summed E-state index contributed by atoms with van der Waals surface area (Å²) in [5.41, 5.74) is 2.67. The average Bonchev–Trinajstić information content (AvgIpc) is 3.16. The highest BCUT2D eigenvalue weighted by molar-refractivity contribution is 6.34. The fourth-order valence-corrected chi connectivity index (χ4v) is 5.65. The minimum absolute atomic E-state index is 0.123. The predicted molar refractivity (Wildman–Crippen MR) is 145 cm³/mol. The van der Waals surface area contributed by atoms with E-state index in [-0.39, 0.29) is 34.7 Å². The monoisotopic (exact) mass is 534 g/mol. The van der Waals surface area contributed by atoms with E-state index in [9.17, 15) is 9.59 Å². The van der Waals surface area contributed by atoms with Gasteiger partial charge in [-0.05, 0) is 30.0 Å². The number of piperidine rings is 1. The molecule has 3 aromatic rings. The first-order valence-electron chi connectivity index (χ1n) is 12.9. The highest BCUT2D eigenvalue weighted by Gasteiger charge is 2.42. The maximum absolute atomic E-state index is 13.2. The van der Waals surface area contributed by atoms with E-state index in [0.717, 1.165) is 37.8 Å². The van der Waals surface area contributed by atoms with E-state index in [1.54, 1.807) is 0 Å². The van der Waals surface area contributed by atoms with Gasteiger partial charge in [0.15, 0.2) is 0 Å². The molecule has 0 saturated carbocycles. The van der Waals surface area contributed by atoms with Crippen molar-refractivity contribution in [1.82, 2.24) is 4.90 Å². The van der Waals surface area contributed by atoms with Crippen LogP contribution in [0.3, 0.4) is 0 Å². The molecular formula is C30H31ClN2O5. The van der Waals surface area contributed by atoms with E-state index in [1.165, 1.54) is 24.8 Å². The molecular weight excluding hydrogens is 504 g/mol. The van der Waals surface area contributed by atoms with Gasteiger partial charge >= 0.3 is 12.1 Å². The van der Waals surface area contributed by atoms with Crippen molar-refractivity contribution in [2.45, 2.75) is 57.0 Å². The Kier molecular flexibility index (Phi) is 8.15. The van der Waals surface area contributed by atoms with Gasteiger partial charge in [0.25, 0.3) is 0 Å². The van der Waals surface area contributed by atoms with E-state index in [0.29, 0.717) is 12.1 Å². The Morgan fingerprint density at radius 3 is 2.21 bits per heavy atom. The maximum atomic E-state index is 13.2. The molecule has 3 atom stereocenters. The minimum atomic E-state index is -0.661. The Balaban J connectivity index is 1.20. The van der Waals surface area contributed by atoms with Gasteiger partial charge < -0.3 is 14.2 Å². The highest BCUT2D eigenvalue weighted by atomic mass is 35.5. The number of benzene rings is 3. The van der Waals surface area contributed by atoms with Crippen LogP contribution in [-0.4, -0.2) is 42.3 Å². The number of ether oxygens (including phenoxy) is 3. The zero-order valence-electron chi connectivity index (χ0n) is 21.3. The normalized spacial score (nSPS) is 20.5. The number of amides is 1. The Hall–Kier alpha value is -3.55. The van der Waals surface area contributed by atoms with E-state index in [1.807, 2.05) is 36.4 Å². The van der Waals surface area contributed by atoms with E-state index < -0.39 is 12.1 Å². The van der Waals surface area contributed by atoms with Crippen molar-refractivity contribution in [3.63, 3.8) is 0 Å². The molecule has 38 heavy (non-hydrogen) atoms. The number of fused-ring (bicyclic) bond motifs is 2. The van der Waals surface area contributed by atoms with Gasteiger partial charge in [-0.25, -0.2) is 9.59 Å². The summed E-state index contributed by atoms with van der Waals surface area (Å²) in [5.74, 6) is -0.217. The third-order valence-electron chi connectivity index (χ3n) is 7.28. The lowest BCUT2D eigenvalue weighted by atomic mass is 9.98. The number of halogens is 1. The zero-order valence-corrected chi connectivity index (χ0v) is 22.0. The van der Waals surface area contributed by atoms with Crippen molar-refractivity contribution in [2.24, 2.45) is 0 Å². The second kappa shape index (κ2) is 11.9. The van der Waals surface area contributed by atoms with E-state index in [4.69, 9.17) is 25.8 Å². The van der Waals surface area contributed by atoms with Crippen LogP contribution in [-0.2, 0) is 22.6 Å². The van der Waals surface area contributed by atoms with Crippen LogP contribution < -0.4 is 10.1 Å². The van der Waals surface area contributed by atoms with Crippen LogP contribution in [0.1, 0.15) is 47.2 Å². The topological polar surface area (TPSA) is 77.1 Å². The lowest BCUT2D eigenvalue weighted by molar-refractivity contribution is -0.00825. The number of hydrogen-bond donors (Lipinski definition) is 1. The molecule has 2 aliphatic rings. The van der Waals surface area contributed by atoms with Gasteiger partial charge in [0.2, 0.25) is 0 Å². The second-order valence-corrected chi connectivity index (χ2v) is 10.2. The fourth-order valence-electron chi connectivity index (χ4n) is 5.43. The molecule has 2 bridgehead atoms. The summed E-state index contributed by atoms with van der Waals surface area (Å²) in [5, 5.41) is 2.80. The number of esters is 1. The molecule has 0 spiro atoms. The second-order valence-electron chi connectivity index (χ2n) is 9.76. The zero-order chi connectivity index (χ0) is 26.5. The SMILES string of the molecule is COc1cc(NC(=O)OCc2ccccc2)c(Cl)cc1C(=O)O[C@@H]1C[C@H]2CC[C@@H](C1)N2Cc1ccccc1. The van der Waals surface area contributed by atoms with Crippen LogP contribution in [0.2, 0.25) is 5.02 Å². The summed E-state index contributed by atoms with van der Waals surface area (Å²) < 4.78 is 16.7. The Labute approximate surface area is 227 Å². The van der Waals surface area contributed by atoms with Gasteiger partial charge in [-0.1, -0.05) is 72.3 Å². The summed E-state index contributed by atoms with van der Waals surface area (Å²) in [6, 6.07) is 23.6. The van der Waals surface area contributed by atoms with Crippen molar-refractivity contribution in [2.75, 3.05) is 12.4 Å². The first kappa shape index (κ1) is 26.1. The standard InChI is InChI=1S/C30H31ClN2O5/c1-36-28-17-27(32-30(35)37-19-21-10-6-3-7-11-21)26(31)16-25(28)29(34)38-24-14-22-12-13-23(15-24)33(22)18-20-8-4-2-5-9-20/h2-11,16-17,22-24H,12-15,18-19H2,1H3,(H,32,35)/t22-,23+,24-. The highest BCUT2D eigenvalue weighted by Crippen LogP contribution is 2.39. The van der Waals surface area contributed by atoms with Crippen LogP contribution in [0.5, 0.6) is 5.75 Å². The molecule has 2 heterocycles. The lowest BCUT2D eigenvalue weighted by Gasteiger charge is -2.38. The number of carbonyl (C=O) groups is 2. The molecule has 0 aromatic heterocycles. The summed E-state index contributed by atoms with van der Waals surface area (Å²) >= 11 is 6.42. The van der Waals surface area contributed by atoms with Crippen LogP contribution in [0.4, 0.5) is 10.5 Å². The number of nitrogens with zero attached hydrogens (tertiary/aromatic N) is 1. The quantitative estimate of drug-likeness (QED) is 0.335. The fraction of sp³-hybridized carbons (Fsp3) is 0.333. The number of anilines is 1. The minimum Gasteiger partial charge on any atom is -0.496 e. The molecule has 0 radical (unpaired) electrons. The third-order valence-corrected chi connectivity index (χ3v) is 7.59. The maximum Gasteiger partial charge on any atom is 0.412 e. The number of methoxy groups -OCH3 is 1. The van der Waals surface area contributed by atoms with Gasteiger partial charge in [0.05, 0.1) is 17.8 Å². The molecule has 0 aliphatic carbocycles. The van der Waals surface area contributed by atoms with Gasteiger partial charge in [0.1, 0.15) is 24.0 Å². The Bertz CT molecular complexity index is 1260. The molecule has 2 aliphatic heterocycles. The Morgan fingerprint density at radius 1 is 0.947 bits per heavy atom. The van der Waals surface area contributed by atoms with Crippen molar-refractivity contribution in [1.29, 1.82) is 0 Å². The lowest BCUT2D eigenvalue weighted by Crippen LogP contribution is -2.45. The van der Waals surface area contributed by atoms with Crippen molar-refractivity contribution in [3.05, 3.63) is 94.5 Å². The van der Waals surface area contributed by atoms with E-state index >= 15 is 0 Å². The van der Waals surface area contributed by atoms with Gasteiger partial charge in [-0.2, -0.15) is 0 Å². The first-order chi connectivity index (χ1) is 18.5. The van der Waals surface area contributed by atoms with Crippen LogP contribution in [0.15, 0.2) is 72.8 Å². The smallest absolute Gasteiger partial charge is 0.412 e. The number of nitrogens with one attached hydrogen (secondary N) is 1. The summed E-state index contributed by atoms with van der Waals surface area (Å²) in [6.45, 7) is 1.04. The summed E-state index contributed by atoms with van der Waals surface area (Å²) in [6.07, 6.45) is 3.01. The molecule has 2 saturated heterocycles. The molecule has 1 amide bonds. The summed E-state index contributed by atoms with van der Waals surface area (Å²) in [4.78, 5) is 28.0. The molecule has 5 rings (SSSR count). The largest absolute Gasteiger partial charge is 0.496 e. The molecule has 0 unspecified atom stereocenters. The molecule has 1 N–H and O–H groups in total. The van der Waals surface area contributed by atoms with Gasteiger partial charge in [-0.3, -0.25) is 10.2 Å². The van der Waals surface area contributed by atoms with Crippen molar-refractivity contribution in [3.8, 4) is 5.75 Å². The van der Waals surface area contributed by atoms with Gasteiger partial charge in [0, 0.05) is 37.5 Å². The third kappa shape index (κ3) is 6.11. The molecule has 3 aromatic carbocycles. The van der Waals surface area contributed by atoms with Crippen LogP contribution >= 0.6 is 11.6 Å². The van der Waals surface area contributed by atoms with Crippen molar-refractivity contribution < 1.29 is 23.8 Å². The van der Waals surface area contributed by atoms with Crippen LogP contribution in [0, 0.1) is 0 Å². The van der Waals surface area contributed by atoms with E-state index in [2.05, 4.69) is 34.5 Å². The van der Waals surface area contributed by atoms with Crippen LogP contribution in [0.25, 0.3) is 0 Å². The molecule has 8 heteroatoms. The number of carbonyl (C=O) groups excluding carboxylic acids is 2. The Morgan fingerprint density at radius 2 is 1.58 bits per heavy atom. The summed E-state index contributed by atoms with van der Waals surface area (Å²) in [7, 11) is 1.46. The molecule has 198 valence electrons. The van der Waals surface area contributed by atoms with Crippen molar-refractivity contribution >= 4 is 29.4 Å². The predicted octanol–water partition coefficient (Wildman–Crippen LogP) is 6.45. The number of hydrogen-bond acceptors (Lipinski definition) is 6. The molecule has 7 nitrogen and oxygen atoms in total. The average molecular weight is 535 g/mol. The number of rotatable bonds is 8.